The van der Waals surface area contributed by atoms with Gasteiger partial charge in [0.05, 0.1) is 0 Å². The van der Waals surface area contributed by atoms with E-state index in [-0.39, 0.29) is 30.4 Å². The van der Waals surface area contributed by atoms with E-state index in [1.165, 1.54) is 0 Å². The van der Waals surface area contributed by atoms with Crippen LogP contribution in [0.5, 0.6) is 0 Å². The van der Waals surface area contributed by atoms with Crippen molar-refractivity contribution in [1.82, 2.24) is 10.2 Å². The molecule has 2 fully saturated rings. The number of nitrogens with one attached hydrogen (secondary N) is 1. The second-order valence-electron chi connectivity index (χ2n) is 6.81. The van der Waals surface area contributed by atoms with Gasteiger partial charge in [0.1, 0.15) is 0 Å². The minimum absolute atomic E-state index is 0. The summed E-state index contributed by atoms with van der Waals surface area (Å²) in [5, 5.41) is 2.84. The summed E-state index contributed by atoms with van der Waals surface area (Å²) >= 11 is 0. The van der Waals surface area contributed by atoms with E-state index in [2.05, 4.69) is 12.2 Å². The molecule has 1 aromatic carbocycles. The highest BCUT2D eigenvalue weighted by Gasteiger charge is 2.30. The molecule has 3 rings (SSSR count). The number of urea groups is 1. The van der Waals surface area contributed by atoms with Gasteiger partial charge in [-0.25, -0.2) is 4.79 Å². The minimum atomic E-state index is -0.0996. The SMILES string of the molecule is CC1CCN(C(=O)c2cccc(N3CCCNC3=O)c2)C(CN)C1.Cl. The van der Waals surface area contributed by atoms with Gasteiger partial charge in [0.2, 0.25) is 0 Å². The molecule has 0 aliphatic carbocycles. The second-order valence-corrected chi connectivity index (χ2v) is 6.81. The monoisotopic (exact) mass is 366 g/mol. The fraction of sp³-hybridized carbons (Fsp3) is 0.556. The largest absolute Gasteiger partial charge is 0.338 e. The van der Waals surface area contributed by atoms with Crippen molar-refractivity contribution in [3.8, 4) is 0 Å². The van der Waals surface area contributed by atoms with E-state index in [9.17, 15) is 9.59 Å². The first-order valence-corrected chi connectivity index (χ1v) is 8.76. The van der Waals surface area contributed by atoms with Gasteiger partial charge in [-0.1, -0.05) is 13.0 Å². The van der Waals surface area contributed by atoms with Gasteiger partial charge in [0, 0.05) is 43.5 Å². The number of anilines is 1. The Morgan fingerprint density at radius 3 is 2.88 bits per heavy atom. The summed E-state index contributed by atoms with van der Waals surface area (Å²) in [5.41, 5.74) is 7.28. The molecular formula is C18H27ClN4O2. The normalized spacial score (nSPS) is 23.7. The molecule has 2 aliphatic rings. The van der Waals surface area contributed by atoms with Gasteiger partial charge in [-0.15, -0.1) is 12.4 Å². The van der Waals surface area contributed by atoms with Crippen molar-refractivity contribution in [3.05, 3.63) is 29.8 Å². The van der Waals surface area contributed by atoms with Gasteiger partial charge < -0.3 is 16.0 Å². The molecule has 2 aliphatic heterocycles. The average Bonchev–Trinajstić information content (AvgIpc) is 2.61. The van der Waals surface area contributed by atoms with Crippen LogP contribution in [0.15, 0.2) is 24.3 Å². The summed E-state index contributed by atoms with van der Waals surface area (Å²) in [6.07, 6.45) is 2.87. The predicted molar refractivity (Wildman–Crippen MR) is 101 cm³/mol. The molecule has 3 amide bonds. The lowest BCUT2D eigenvalue weighted by Crippen LogP contribution is -2.49. The Kier molecular flexibility index (Phi) is 6.67. The van der Waals surface area contributed by atoms with Crippen molar-refractivity contribution in [1.29, 1.82) is 0 Å². The number of amides is 3. The summed E-state index contributed by atoms with van der Waals surface area (Å²) < 4.78 is 0. The number of carbonyl (C=O) groups excluding carboxylic acids is 2. The lowest BCUT2D eigenvalue weighted by molar-refractivity contribution is 0.0573. The number of hydrogen-bond donors (Lipinski definition) is 2. The number of nitrogens with two attached hydrogens (primary N) is 1. The van der Waals surface area contributed by atoms with Crippen LogP contribution in [0.4, 0.5) is 10.5 Å². The predicted octanol–water partition coefficient (Wildman–Crippen LogP) is 2.23. The van der Waals surface area contributed by atoms with Gasteiger partial charge in [0.25, 0.3) is 5.91 Å². The average molecular weight is 367 g/mol. The van der Waals surface area contributed by atoms with Crippen LogP contribution in [0.1, 0.15) is 36.5 Å². The van der Waals surface area contributed by atoms with Crippen LogP contribution in [0, 0.1) is 5.92 Å². The van der Waals surface area contributed by atoms with Crippen molar-refractivity contribution in [2.24, 2.45) is 11.7 Å². The molecule has 0 radical (unpaired) electrons. The molecule has 2 atom stereocenters. The van der Waals surface area contributed by atoms with E-state index in [1.54, 1.807) is 4.90 Å². The van der Waals surface area contributed by atoms with Gasteiger partial charge in [-0.3, -0.25) is 9.69 Å². The topological polar surface area (TPSA) is 78.7 Å². The second kappa shape index (κ2) is 8.54. The third kappa shape index (κ3) is 4.25. The van der Waals surface area contributed by atoms with Crippen LogP contribution in [-0.2, 0) is 0 Å². The third-order valence-corrected chi connectivity index (χ3v) is 5.00. The fourth-order valence-electron chi connectivity index (χ4n) is 3.59. The van der Waals surface area contributed by atoms with Crippen molar-refractivity contribution in [2.75, 3.05) is 31.1 Å². The molecule has 0 aromatic heterocycles. The molecule has 6 nitrogen and oxygen atoms in total. The van der Waals surface area contributed by atoms with Crippen molar-refractivity contribution in [3.63, 3.8) is 0 Å². The number of likely N-dealkylation sites (tertiary alicyclic amines) is 1. The van der Waals surface area contributed by atoms with Crippen LogP contribution in [-0.4, -0.2) is 49.1 Å². The van der Waals surface area contributed by atoms with E-state index in [0.29, 0.717) is 31.1 Å². The first-order valence-electron chi connectivity index (χ1n) is 8.76. The zero-order chi connectivity index (χ0) is 17.1. The van der Waals surface area contributed by atoms with Crippen LogP contribution < -0.4 is 16.0 Å². The van der Waals surface area contributed by atoms with Crippen molar-refractivity contribution < 1.29 is 9.59 Å². The molecule has 7 heteroatoms. The number of nitrogens with zero attached hydrogens (tertiary/aromatic N) is 2. The maximum absolute atomic E-state index is 12.9. The zero-order valence-electron chi connectivity index (χ0n) is 14.6. The van der Waals surface area contributed by atoms with E-state index in [4.69, 9.17) is 5.73 Å². The molecule has 3 N–H and O–H groups in total. The first-order chi connectivity index (χ1) is 11.6. The number of carbonyl (C=O) groups is 2. The van der Waals surface area contributed by atoms with Gasteiger partial charge >= 0.3 is 6.03 Å². The van der Waals surface area contributed by atoms with Crippen LogP contribution in [0.25, 0.3) is 0 Å². The van der Waals surface area contributed by atoms with E-state index in [1.807, 2.05) is 29.2 Å². The van der Waals surface area contributed by atoms with Gasteiger partial charge in [-0.05, 0) is 43.4 Å². The fourth-order valence-corrected chi connectivity index (χ4v) is 3.59. The number of benzene rings is 1. The van der Waals surface area contributed by atoms with E-state index < -0.39 is 0 Å². The molecule has 0 saturated carbocycles. The molecule has 2 saturated heterocycles. The Morgan fingerprint density at radius 2 is 2.16 bits per heavy atom. The molecule has 0 bridgehead atoms. The van der Waals surface area contributed by atoms with Crippen molar-refractivity contribution in [2.45, 2.75) is 32.2 Å². The molecule has 1 aromatic rings. The lowest BCUT2D eigenvalue weighted by Gasteiger charge is -2.38. The maximum atomic E-state index is 12.9. The molecule has 2 unspecified atom stereocenters. The summed E-state index contributed by atoms with van der Waals surface area (Å²) in [7, 11) is 0. The highest BCUT2D eigenvalue weighted by molar-refractivity contribution is 5.98. The Morgan fingerprint density at radius 1 is 1.36 bits per heavy atom. The van der Waals surface area contributed by atoms with Crippen LogP contribution in [0.3, 0.4) is 0 Å². The summed E-state index contributed by atoms with van der Waals surface area (Å²) in [6.45, 7) is 4.83. The summed E-state index contributed by atoms with van der Waals surface area (Å²) in [4.78, 5) is 28.6. The Labute approximate surface area is 155 Å². The number of halogens is 1. The quantitative estimate of drug-likeness (QED) is 0.860. The highest BCUT2D eigenvalue weighted by atomic mass is 35.5. The summed E-state index contributed by atoms with van der Waals surface area (Å²) in [5.74, 6) is 0.614. The zero-order valence-corrected chi connectivity index (χ0v) is 15.4. The maximum Gasteiger partial charge on any atom is 0.321 e. The van der Waals surface area contributed by atoms with Crippen molar-refractivity contribution >= 4 is 30.0 Å². The Hall–Kier alpha value is -1.79. The molecule has 25 heavy (non-hydrogen) atoms. The minimum Gasteiger partial charge on any atom is -0.338 e. The van der Waals surface area contributed by atoms with Gasteiger partial charge in [0.15, 0.2) is 0 Å². The first kappa shape index (κ1) is 19.5. The van der Waals surface area contributed by atoms with E-state index in [0.717, 1.165) is 31.5 Å². The molecule has 2 heterocycles. The smallest absolute Gasteiger partial charge is 0.321 e. The number of rotatable bonds is 3. The van der Waals surface area contributed by atoms with Crippen LogP contribution in [0.2, 0.25) is 0 Å². The highest BCUT2D eigenvalue weighted by Crippen LogP contribution is 2.25. The summed E-state index contributed by atoms with van der Waals surface area (Å²) in [6, 6.07) is 7.35. The van der Waals surface area contributed by atoms with Gasteiger partial charge in [-0.2, -0.15) is 0 Å². The Bertz CT molecular complexity index is 625. The standard InChI is InChI=1S/C18H26N4O2.ClH/c1-13-6-9-21(16(10-13)12-19)17(23)14-4-2-5-15(11-14)22-8-3-7-20-18(22)24;/h2,4-5,11,13,16H,3,6-10,12,19H2,1H3,(H,20,24);1H. The Balaban J connectivity index is 0.00000225. The number of piperidine rings is 1. The number of hydrogen-bond acceptors (Lipinski definition) is 3. The molecule has 0 spiro atoms. The van der Waals surface area contributed by atoms with E-state index >= 15 is 0 Å². The lowest BCUT2D eigenvalue weighted by atomic mass is 9.92. The van der Waals surface area contributed by atoms with Crippen LogP contribution >= 0.6 is 12.4 Å². The third-order valence-electron chi connectivity index (χ3n) is 5.00. The molecule has 138 valence electrons. The molecular weight excluding hydrogens is 340 g/mol.